The van der Waals surface area contributed by atoms with Crippen LogP contribution in [0, 0.1) is 5.41 Å². The van der Waals surface area contributed by atoms with Gasteiger partial charge in [0.15, 0.2) is 0 Å². The Kier molecular flexibility index (Phi) is 6.25. The van der Waals surface area contributed by atoms with Crippen LogP contribution in [-0.2, 0) is 11.2 Å². The van der Waals surface area contributed by atoms with E-state index in [2.05, 4.69) is 15.9 Å². The molecule has 0 radical (unpaired) electrons. The fourth-order valence-electron chi connectivity index (χ4n) is 2.46. The molecule has 1 aromatic carbocycles. The molecule has 1 aliphatic carbocycles. The van der Waals surface area contributed by atoms with E-state index in [9.17, 15) is 13.2 Å². The Bertz CT molecular complexity index is 545. The number of benzene rings is 1. The molecule has 0 amide bonds. The van der Waals surface area contributed by atoms with Crippen LogP contribution in [0.5, 0.6) is 5.75 Å². The lowest BCUT2D eigenvalue weighted by atomic mass is 9.96. The van der Waals surface area contributed by atoms with Crippen molar-refractivity contribution >= 4 is 27.5 Å². The quantitative estimate of drug-likeness (QED) is 0.500. The van der Waals surface area contributed by atoms with Gasteiger partial charge in [0.2, 0.25) is 0 Å². The smallest absolute Gasteiger partial charge is 0.394 e. The van der Waals surface area contributed by atoms with Crippen molar-refractivity contribution in [3.05, 3.63) is 27.2 Å². The zero-order valence-electron chi connectivity index (χ0n) is 12.8. The summed E-state index contributed by atoms with van der Waals surface area (Å²) in [6.45, 7) is 1.02. The van der Waals surface area contributed by atoms with Crippen LogP contribution >= 0.6 is 27.5 Å². The van der Waals surface area contributed by atoms with Crippen molar-refractivity contribution in [3.8, 4) is 5.75 Å². The number of rotatable bonds is 8. The van der Waals surface area contributed by atoms with Gasteiger partial charge in [0.05, 0.1) is 17.0 Å². The van der Waals surface area contributed by atoms with E-state index in [-0.39, 0.29) is 19.3 Å². The number of hydrogen-bond acceptors (Lipinski definition) is 2. The molecular formula is C16H19BrClF3O2. The molecular weight excluding hydrogens is 397 g/mol. The van der Waals surface area contributed by atoms with Crippen LogP contribution in [0.2, 0.25) is 5.02 Å². The normalized spacial score (nSPS) is 16.4. The lowest BCUT2D eigenvalue weighted by Crippen LogP contribution is -2.25. The first-order valence-electron chi connectivity index (χ1n) is 7.45. The van der Waals surface area contributed by atoms with Crippen molar-refractivity contribution in [2.75, 3.05) is 20.3 Å². The van der Waals surface area contributed by atoms with Crippen LogP contribution in [0.1, 0.15) is 31.2 Å². The Morgan fingerprint density at radius 1 is 1.26 bits per heavy atom. The molecule has 7 heteroatoms. The van der Waals surface area contributed by atoms with Crippen molar-refractivity contribution in [1.82, 2.24) is 0 Å². The van der Waals surface area contributed by atoms with E-state index in [0.717, 1.165) is 12.0 Å². The van der Waals surface area contributed by atoms with Crippen LogP contribution in [0.3, 0.4) is 0 Å². The van der Waals surface area contributed by atoms with Crippen LogP contribution in [0.15, 0.2) is 16.6 Å². The molecule has 0 spiro atoms. The molecule has 0 aromatic heterocycles. The van der Waals surface area contributed by atoms with E-state index in [1.807, 2.05) is 0 Å². The van der Waals surface area contributed by atoms with Crippen LogP contribution in [-0.4, -0.2) is 26.5 Å². The highest BCUT2D eigenvalue weighted by molar-refractivity contribution is 9.10. The number of alkyl halides is 3. The summed E-state index contributed by atoms with van der Waals surface area (Å²) in [7, 11) is 1.61. The second-order valence-corrected chi connectivity index (χ2v) is 7.11. The van der Waals surface area contributed by atoms with Gasteiger partial charge < -0.3 is 9.47 Å². The number of methoxy groups -OCH3 is 1. The third-order valence-electron chi connectivity index (χ3n) is 4.18. The number of halogens is 5. The van der Waals surface area contributed by atoms with Gasteiger partial charge in [-0.1, -0.05) is 27.5 Å². The van der Waals surface area contributed by atoms with Gasteiger partial charge in [0.1, 0.15) is 5.75 Å². The molecule has 1 aromatic rings. The van der Waals surface area contributed by atoms with Crippen molar-refractivity contribution in [1.29, 1.82) is 0 Å². The van der Waals surface area contributed by atoms with Gasteiger partial charge in [-0.25, -0.2) is 0 Å². The summed E-state index contributed by atoms with van der Waals surface area (Å²) < 4.78 is 50.3. The summed E-state index contributed by atoms with van der Waals surface area (Å²) >= 11 is 9.49. The molecule has 0 aliphatic heterocycles. The standard InChI is InChI=1S/C16H19BrClF3O2/c1-22-7-2-8-23-14-9-11(12(17)10-13(14)18)3-4-15(5-6-15)16(19,20)21/h9-10H,2-8H2,1H3. The topological polar surface area (TPSA) is 18.5 Å². The summed E-state index contributed by atoms with van der Waals surface area (Å²) in [6, 6.07) is 3.40. The van der Waals surface area contributed by atoms with Crippen LogP contribution < -0.4 is 4.74 Å². The maximum atomic E-state index is 13.0. The lowest BCUT2D eigenvalue weighted by molar-refractivity contribution is -0.188. The van der Waals surface area contributed by atoms with E-state index >= 15 is 0 Å². The minimum atomic E-state index is -4.12. The van der Waals surface area contributed by atoms with Crippen molar-refractivity contribution < 1.29 is 22.6 Å². The highest BCUT2D eigenvalue weighted by Crippen LogP contribution is 2.60. The minimum Gasteiger partial charge on any atom is -0.492 e. The van der Waals surface area contributed by atoms with Crippen molar-refractivity contribution in [2.24, 2.45) is 5.41 Å². The predicted octanol–water partition coefficient (Wildman–Crippen LogP) is 5.79. The molecule has 0 saturated heterocycles. The van der Waals surface area contributed by atoms with E-state index in [0.29, 0.717) is 34.9 Å². The number of ether oxygens (including phenoxy) is 2. The van der Waals surface area contributed by atoms with Gasteiger partial charge in [-0.05, 0) is 43.4 Å². The second kappa shape index (κ2) is 7.62. The Morgan fingerprint density at radius 2 is 1.96 bits per heavy atom. The second-order valence-electron chi connectivity index (χ2n) is 5.85. The summed E-state index contributed by atoms with van der Waals surface area (Å²) in [5.41, 5.74) is -0.711. The van der Waals surface area contributed by atoms with Gasteiger partial charge in [0, 0.05) is 24.6 Å². The molecule has 1 saturated carbocycles. The summed E-state index contributed by atoms with van der Waals surface area (Å²) in [5, 5.41) is 0.440. The molecule has 23 heavy (non-hydrogen) atoms. The third-order valence-corrected chi connectivity index (χ3v) is 5.21. The predicted molar refractivity (Wildman–Crippen MR) is 87.2 cm³/mol. The Morgan fingerprint density at radius 3 is 2.52 bits per heavy atom. The monoisotopic (exact) mass is 414 g/mol. The van der Waals surface area contributed by atoms with E-state index in [4.69, 9.17) is 21.1 Å². The Hall–Kier alpha value is -0.460. The molecule has 130 valence electrons. The fraction of sp³-hybridized carbons (Fsp3) is 0.625. The first-order chi connectivity index (χ1) is 10.8. The van der Waals surface area contributed by atoms with Gasteiger partial charge in [-0.2, -0.15) is 13.2 Å². The van der Waals surface area contributed by atoms with Gasteiger partial charge in [-0.15, -0.1) is 0 Å². The Labute approximate surface area is 147 Å². The SMILES string of the molecule is COCCCOc1cc(CCC2(C(F)(F)F)CC2)c(Br)cc1Cl. The maximum absolute atomic E-state index is 13.0. The van der Waals surface area contributed by atoms with Gasteiger partial charge in [0.25, 0.3) is 0 Å². The number of aryl methyl sites for hydroxylation is 1. The van der Waals surface area contributed by atoms with E-state index in [1.54, 1.807) is 19.2 Å². The zero-order valence-corrected chi connectivity index (χ0v) is 15.2. The molecule has 0 bridgehead atoms. The van der Waals surface area contributed by atoms with Crippen molar-refractivity contribution in [3.63, 3.8) is 0 Å². The largest absolute Gasteiger partial charge is 0.492 e. The third kappa shape index (κ3) is 4.77. The first-order valence-corrected chi connectivity index (χ1v) is 8.62. The number of hydrogen-bond donors (Lipinski definition) is 0. The van der Waals surface area contributed by atoms with Crippen LogP contribution in [0.4, 0.5) is 13.2 Å². The first kappa shape index (κ1) is 18.9. The Balaban J connectivity index is 2.01. The average molecular weight is 416 g/mol. The fourth-order valence-corrected chi connectivity index (χ4v) is 3.35. The maximum Gasteiger partial charge on any atom is 0.394 e. The highest BCUT2D eigenvalue weighted by Gasteiger charge is 2.62. The van der Waals surface area contributed by atoms with Gasteiger partial charge >= 0.3 is 6.18 Å². The molecule has 0 unspecified atom stereocenters. The van der Waals surface area contributed by atoms with E-state index in [1.165, 1.54) is 0 Å². The zero-order chi connectivity index (χ0) is 17.1. The highest BCUT2D eigenvalue weighted by atomic mass is 79.9. The van der Waals surface area contributed by atoms with Crippen molar-refractivity contribution in [2.45, 2.75) is 38.3 Å². The molecule has 2 nitrogen and oxygen atoms in total. The molecule has 1 aliphatic rings. The molecule has 1 fully saturated rings. The average Bonchev–Trinajstić information content (AvgIpc) is 3.25. The summed E-state index contributed by atoms with van der Waals surface area (Å²) in [6.07, 6.45) is -2.52. The molecule has 0 atom stereocenters. The summed E-state index contributed by atoms with van der Waals surface area (Å²) in [4.78, 5) is 0. The van der Waals surface area contributed by atoms with E-state index < -0.39 is 11.6 Å². The molecule has 2 rings (SSSR count). The molecule has 0 N–H and O–H groups in total. The summed E-state index contributed by atoms with van der Waals surface area (Å²) in [5.74, 6) is 0.498. The molecule has 0 heterocycles. The minimum absolute atomic E-state index is 0.0971. The van der Waals surface area contributed by atoms with Crippen LogP contribution in [0.25, 0.3) is 0 Å². The lowest BCUT2D eigenvalue weighted by Gasteiger charge is -2.19. The van der Waals surface area contributed by atoms with Gasteiger partial charge in [-0.3, -0.25) is 0 Å².